The first-order valence-electron chi connectivity index (χ1n) is 28.3. The van der Waals surface area contributed by atoms with Gasteiger partial charge in [-0.25, -0.2) is 8.78 Å². The molecule has 0 radical (unpaired) electrons. The van der Waals surface area contributed by atoms with E-state index in [1.165, 1.54) is 18.5 Å². The minimum atomic E-state index is -3.18. The normalized spacial score (nSPS) is 18.3. The number of hydrazone groups is 3. The average Bonchev–Trinajstić information content (AvgIpc) is 3.88. The van der Waals surface area contributed by atoms with Crippen molar-refractivity contribution in [2.24, 2.45) is 21.2 Å². The van der Waals surface area contributed by atoms with Gasteiger partial charge >= 0.3 is 17.9 Å². The number of fused-ring (bicyclic) bond motifs is 1. The van der Waals surface area contributed by atoms with Gasteiger partial charge in [-0.3, -0.25) is 69.0 Å². The van der Waals surface area contributed by atoms with Crippen LogP contribution < -0.4 is 31.6 Å². The molecule has 86 heavy (non-hydrogen) atoms. The molecule has 3 saturated heterocycles. The van der Waals surface area contributed by atoms with E-state index in [0.717, 1.165) is 39.7 Å². The second kappa shape index (κ2) is 35.0. The van der Waals surface area contributed by atoms with Gasteiger partial charge in [0.05, 0.1) is 75.3 Å². The van der Waals surface area contributed by atoms with Crippen LogP contribution in [-0.2, 0) is 28.8 Å². The van der Waals surface area contributed by atoms with E-state index in [4.69, 9.17) is 4.74 Å². The fraction of sp³-hybridized carbons (Fsp3) is 0.536. The lowest BCUT2D eigenvalue weighted by Gasteiger charge is -2.33. The van der Waals surface area contributed by atoms with Gasteiger partial charge in [0.25, 0.3) is 11.8 Å². The van der Waals surface area contributed by atoms with Gasteiger partial charge in [0.15, 0.2) is 0 Å². The fourth-order valence-electron chi connectivity index (χ4n) is 9.95. The summed E-state index contributed by atoms with van der Waals surface area (Å²) in [7, 11) is 0. The lowest BCUT2D eigenvalue weighted by molar-refractivity contribution is -0.140. The van der Waals surface area contributed by atoms with Crippen LogP contribution in [0.15, 0.2) is 70.0 Å². The largest absolute Gasteiger partial charge is 0.494 e. The quantitative estimate of drug-likeness (QED) is 0.0159. The van der Waals surface area contributed by atoms with Crippen molar-refractivity contribution in [1.29, 1.82) is 5.26 Å². The molecule has 2 aromatic carbocycles. The number of carboxylic acid groups (broad SMARTS) is 3. The standard InChI is InChI=1S/C56H75F2IN16O11/c57-56(58)29-44(30-60)75(38-56)51(78)33-62-55(85)46-10-14-61-48-8-7-45(28-47(46)48)86-27-1-2-40-12-17-74(18-13-40)50(77)11-16-63-66-32-43(9-15-64-67-39-68-65-31-41-3-5-42(59)6-4-41)69-49(76)34-70-19-21-71(35-52(79)80)23-25-73(37-54(83)84)26-24-72(22-20-70)36-53(81)82/h3-8,10,14-15,28,31-32,40,43-44,63,67-68H,1-2,9,11-13,16-27,29,33-39H2,(H,62,85)(H,69,76)(H,79,80)(H,81,82)(H,83,84)/b64-15+,65-31+,66-32-/t43?,44-/m1/s1. The first-order valence-corrected chi connectivity index (χ1v) is 29.4. The highest BCUT2D eigenvalue weighted by Gasteiger charge is 2.47. The summed E-state index contributed by atoms with van der Waals surface area (Å²) in [5.74, 6) is -7.29. The molecule has 0 bridgehead atoms. The number of hydrogen-bond donors (Lipinski definition) is 8. The van der Waals surface area contributed by atoms with E-state index in [9.17, 15) is 62.9 Å². The molecule has 0 spiro atoms. The van der Waals surface area contributed by atoms with Crippen LogP contribution in [-0.4, -0.2) is 252 Å². The first-order chi connectivity index (χ1) is 41.3. The van der Waals surface area contributed by atoms with Crippen molar-refractivity contribution in [3.05, 3.63) is 69.4 Å². The SMILES string of the molecule is N#C[C@H]1CC(F)(F)CN1C(=O)CNC(=O)c1ccnc2ccc(OCCCC3CCN(C(=O)CCN/N=C\C(C/C=N/NCN/N=C/c4ccc(I)cc4)NC(=O)CN4CCN(CC(=O)O)CCN(CC(=O)O)CCN(CC(=O)O)CC4)CC3)cc12. The maximum Gasteiger partial charge on any atom is 0.317 e. The molecule has 4 heterocycles. The monoisotopic (exact) mass is 1310 g/mol. The Hall–Kier alpha value is -7.73. The van der Waals surface area contributed by atoms with Crippen LogP contribution in [0.5, 0.6) is 5.75 Å². The molecule has 466 valence electrons. The third-order valence-corrected chi connectivity index (χ3v) is 15.2. The maximum absolute atomic E-state index is 13.9. The number of hydrogen-bond acceptors (Lipinski definition) is 20. The van der Waals surface area contributed by atoms with Gasteiger partial charge in [0.1, 0.15) is 18.5 Å². The van der Waals surface area contributed by atoms with Crippen LogP contribution in [0.3, 0.4) is 0 Å². The number of ether oxygens (including phenoxy) is 1. The third-order valence-electron chi connectivity index (χ3n) is 14.5. The Bertz CT molecular complexity index is 2860. The smallest absolute Gasteiger partial charge is 0.317 e. The highest BCUT2D eigenvalue weighted by molar-refractivity contribution is 14.1. The van der Waals surface area contributed by atoms with Crippen molar-refractivity contribution in [3.63, 3.8) is 0 Å². The molecule has 2 atom stereocenters. The number of nitriles is 1. The third kappa shape index (κ3) is 24.0. The summed E-state index contributed by atoms with van der Waals surface area (Å²) in [5, 5.41) is 56.7. The lowest BCUT2D eigenvalue weighted by atomic mass is 9.92. The average molecular weight is 1310 g/mol. The van der Waals surface area contributed by atoms with Gasteiger partial charge < -0.3 is 45.9 Å². The summed E-state index contributed by atoms with van der Waals surface area (Å²) in [6, 6.07) is 14.2. The topological polar surface area (TPSA) is 343 Å². The van der Waals surface area contributed by atoms with Crippen molar-refractivity contribution in [1.82, 2.24) is 61.3 Å². The summed E-state index contributed by atoms with van der Waals surface area (Å²) >= 11 is 2.22. The number of benzene rings is 2. The second-order valence-electron chi connectivity index (χ2n) is 21.0. The summed E-state index contributed by atoms with van der Waals surface area (Å²) in [5.41, 5.74) is 10.3. The predicted molar refractivity (Wildman–Crippen MR) is 321 cm³/mol. The molecule has 6 rings (SSSR count). The van der Waals surface area contributed by atoms with E-state index in [0.29, 0.717) is 42.3 Å². The molecule has 1 aromatic heterocycles. The zero-order valence-corrected chi connectivity index (χ0v) is 49.9. The highest BCUT2D eigenvalue weighted by Crippen LogP contribution is 2.32. The predicted octanol–water partition coefficient (Wildman–Crippen LogP) is 1.20. The van der Waals surface area contributed by atoms with Crippen molar-refractivity contribution in [3.8, 4) is 11.8 Å². The minimum absolute atomic E-state index is 0.0316. The number of aliphatic carboxylic acids is 3. The number of halogens is 3. The molecular formula is C56H75F2IN16O11. The molecule has 0 aliphatic carbocycles. The Morgan fingerprint density at radius 2 is 1.41 bits per heavy atom. The van der Waals surface area contributed by atoms with Crippen LogP contribution in [0.2, 0.25) is 0 Å². The molecule has 27 nitrogen and oxygen atoms in total. The molecule has 3 aliphatic heterocycles. The number of rotatable bonds is 29. The number of carbonyl (C=O) groups excluding carboxylic acids is 4. The molecule has 30 heteroatoms. The van der Waals surface area contributed by atoms with E-state index in [2.05, 4.69) is 69.8 Å². The summed E-state index contributed by atoms with van der Waals surface area (Å²) in [4.78, 5) is 102. The summed E-state index contributed by atoms with van der Waals surface area (Å²) < 4.78 is 35.0. The number of piperidine rings is 1. The van der Waals surface area contributed by atoms with Crippen molar-refractivity contribution in [2.45, 2.75) is 63.0 Å². The Kier molecular flexibility index (Phi) is 27.5. The van der Waals surface area contributed by atoms with Crippen LogP contribution >= 0.6 is 22.6 Å². The number of amides is 4. The van der Waals surface area contributed by atoms with Crippen molar-refractivity contribution < 1.29 is 62.4 Å². The van der Waals surface area contributed by atoms with Gasteiger partial charge in [-0.05, 0) is 96.2 Å². The number of alkyl halides is 2. The molecule has 3 aromatic rings. The fourth-order valence-corrected chi connectivity index (χ4v) is 10.3. The summed E-state index contributed by atoms with van der Waals surface area (Å²) in [6.45, 7) is 1.49. The Morgan fingerprint density at radius 3 is 2.02 bits per heavy atom. The first kappa shape index (κ1) is 67.4. The van der Waals surface area contributed by atoms with Gasteiger partial charge in [0, 0.05) is 119 Å². The number of carboxylic acids is 3. The van der Waals surface area contributed by atoms with E-state index in [1.807, 2.05) is 34.1 Å². The van der Waals surface area contributed by atoms with Crippen LogP contribution in [0, 0.1) is 20.8 Å². The van der Waals surface area contributed by atoms with Crippen molar-refractivity contribution in [2.75, 3.05) is 125 Å². The van der Waals surface area contributed by atoms with Crippen LogP contribution in [0.1, 0.15) is 60.9 Å². The van der Waals surface area contributed by atoms with E-state index in [1.54, 1.807) is 51.4 Å². The molecule has 1 unspecified atom stereocenters. The van der Waals surface area contributed by atoms with E-state index < -0.39 is 67.2 Å². The van der Waals surface area contributed by atoms with Crippen molar-refractivity contribution >= 4 is 93.7 Å². The zero-order valence-electron chi connectivity index (χ0n) is 47.7. The van der Waals surface area contributed by atoms with Gasteiger partial charge in [-0.2, -0.15) is 20.6 Å². The highest BCUT2D eigenvalue weighted by atomic mass is 127. The van der Waals surface area contributed by atoms with Gasteiger partial charge in [0.2, 0.25) is 17.7 Å². The Labute approximate surface area is 510 Å². The Morgan fingerprint density at radius 1 is 0.791 bits per heavy atom. The number of likely N-dealkylation sites (tertiary alicyclic amines) is 2. The molecule has 8 N–H and O–H groups in total. The number of pyridine rings is 1. The van der Waals surface area contributed by atoms with E-state index >= 15 is 0 Å². The molecular weight excluding hydrogens is 1240 g/mol. The number of nitrogens with one attached hydrogen (secondary N) is 5. The Balaban J connectivity index is 0.954. The molecule has 0 saturated carbocycles. The second-order valence-corrected chi connectivity index (χ2v) is 22.3. The van der Waals surface area contributed by atoms with Crippen LogP contribution in [0.4, 0.5) is 8.78 Å². The number of carbonyl (C=O) groups is 7. The molecule has 3 aliphatic rings. The minimum Gasteiger partial charge on any atom is -0.494 e. The molecule has 4 amide bonds. The molecule has 3 fully saturated rings. The summed E-state index contributed by atoms with van der Waals surface area (Å²) in [6.07, 6.45) is 9.07. The lowest BCUT2D eigenvalue weighted by Crippen LogP contribution is -2.50. The van der Waals surface area contributed by atoms with Crippen LogP contribution in [0.25, 0.3) is 10.9 Å². The number of aromatic nitrogens is 1. The van der Waals surface area contributed by atoms with Gasteiger partial charge in [-0.1, -0.05) is 12.1 Å². The maximum atomic E-state index is 13.9. The number of nitrogens with zero attached hydrogens (tertiary/aromatic N) is 11. The zero-order chi connectivity index (χ0) is 61.8. The van der Waals surface area contributed by atoms with Gasteiger partial charge in [-0.15, -0.1) is 0 Å². The van der Waals surface area contributed by atoms with E-state index in [-0.39, 0.29) is 122 Å².